The van der Waals surface area contributed by atoms with Crippen LogP contribution in [0.15, 0.2) is 48.5 Å². The summed E-state index contributed by atoms with van der Waals surface area (Å²) in [5.41, 5.74) is 3.87. The van der Waals surface area contributed by atoms with Gasteiger partial charge in [-0.2, -0.15) is 0 Å². The normalized spacial score (nSPS) is 23.9. The zero-order valence-corrected chi connectivity index (χ0v) is 11.2. The minimum absolute atomic E-state index is 0.110. The van der Waals surface area contributed by atoms with Gasteiger partial charge in [-0.15, -0.1) is 0 Å². The van der Waals surface area contributed by atoms with Gasteiger partial charge in [-0.05, 0) is 36.0 Å². The van der Waals surface area contributed by atoms with Crippen molar-refractivity contribution in [3.05, 3.63) is 65.2 Å². The highest BCUT2D eigenvalue weighted by Gasteiger charge is 2.37. The number of benzene rings is 2. The second-order valence-electron chi connectivity index (χ2n) is 5.67. The first-order valence-electron chi connectivity index (χ1n) is 7.20. The van der Waals surface area contributed by atoms with E-state index in [1.165, 1.54) is 16.7 Å². The Hall–Kier alpha value is -2.09. The average molecular weight is 264 g/mol. The van der Waals surface area contributed by atoms with Gasteiger partial charge in [0.2, 0.25) is 0 Å². The molecule has 0 spiro atoms. The molecular weight excluding hydrogens is 248 g/mol. The molecule has 4 rings (SSSR count). The van der Waals surface area contributed by atoms with Gasteiger partial charge in [0, 0.05) is 11.5 Å². The molecule has 0 radical (unpaired) electrons. The summed E-state index contributed by atoms with van der Waals surface area (Å²) in [6.45, 7) is 0. The fraction of sp³-hybridized carbons (Fsp3) is 0.278. The maximum atomic E-state index is 12.1. The molecule has 0 aromatic heterocycles. The summed E-state index contributed by atoms with van der Waals surface area (Å²) in [6.07, 6.45) is 2.68. The molecule has 0 saturated carbocycles. The van der Waals surface area contributed by atoms with Crippen molar-refractivity contribution in [2.24, 2.45) is 0 Å². The van der Waals surface area contributed by atoms with Crippen LogP contribution in [0.25, 0.3) is 0 Å². The van der Waals surface area contributed by atoms with E-state index in [-0.39, 0.29) is 11.9 Å². The second-order valence-corrected chi connectivity index (χ2v) is 5.67. The molecule has 100 valence electrons. The van der Waals surface area contributed by atoms with Crippen LogP contribution in [0.2, 0.25) is 0 Å². The first-order chi connectivity index (χ1) is 9.83. The van der Waals surface area contributed by atoms with Gasteiger partial charge in [0.15, 0.2) is 0 Å². The van der Waals surface area contributed by atoms with Crippen LogP contribution in [0.5, 0.6) is 5.75 Å². The van der Waals surface area contributed by atoms with Gasteiger partial charge in [-0.3, -0.25) is 4.79 Å². The second kappa shape index (κ2) is 4.48. The maximum absolute atomic E-state index is 12.1. The molecule has 2 unspecified atom stereocenters. The quantitative estimate of drug-likeness (QED) is 0.578. The van der Waals surface area contributed by atoms with Gasteiger partial charge in [0.25, 0.3) is 0 Å². The van der Waals surface area contributed by atoms with Crippen LogP contribution < -0.4 is 4.74 Å². The third-order valence-electron chi connectivity index (χ3n) is 4.58. The lowest BCUT2D eigenvalue weighted by Gasteiger charge is -2.21. The van der Waals surface area contributed by atoms with Crippen molar-refractivity contribution < 1.29 is 9.53 Å². The van der Waals surface area contributed by atoms with Crippen molar-refractivity contribution in [1.29, 1.82) is 0 Å². The van der Waals surface area contributed by atoms with Crippen molar-refractivity contribution in [2.45, 2.75) is 31.1 Å². The molecule has 1 aliphatic heterocycles. The van der Waals surface area contributed by atoms with Crippen molar-refractivity contribution >= 4 is 5.97 Å². The maximum Gasteiger partial charge on any atom is 0.311 e. The molecule has 1 aliphatic carbocycles. The Morgan fingerprint density at radius 2 is 1.80 bits per heavy atom. The van der Waals surface area contributed by atoms with Crippen LogP contribution in [0, 0.1) is 0 Å². The topological polar surface area (TPSA) is 26.3 Å². The Morgan fingerprint density at radius 3 is 2.65 bits per heavy atom. The van der Waals surface area contributed by atoms with Gasteiger partial charge < -0.3 is 4.74 Å². The third kappa shape index (κ3) is 1.75. The highest BCUT2D eigenvalue weighted by atomic mass is 16.5. The highest BCUT2D eigenvalue weighted by molar-refractivity contribution is 5.76. The number of ether oxygens (including phenoxy) is 1. The molecule has 0 saturated heterocycles. The standard InChI is InChI=1S/C18H16O2/c19-17-11-15(12-5-2-1-3-6-12)14-10-9-13-7-4-8-16(20-17)18(13)14/h1-8,14-15H,9-11H2. The Bertz CT molecular complexity index is 660. The van der Waals surface area contributed by atoms with E-state index in [9.17, 15) is 4.79 Å². The van der Waals surface area contributed by atoms with E-state index in [1.54, 1.807) is 0 Å². The fourth-order valence-electron chi connectivity index (χ4n) is 3.71. The molecular formula is C18H16O2. The number of esters is 1. The summed E-state index contributed by atoms with van der Waals surface area (Å²) in [7, 11) is 0. The molecule has 0 N–H and O–H groups in total. The van der Waals surface area contributed by atoms with E-state index in [2.05, 4.69) is 18.2 Å². The van der Waals surface area contributed by atoms with E-state index in [0.29, 0.717) is 12.3 Å². The average Bonchev–Trinajstić information content (AvgIpc) is 2.84. The zero-order chi connectivity index (χ0) is 13.5. The number of aryl methyl sites for hydroxylation is 1. The lowest BCUT2D eigenvalue weighted by Crippen LogP contribution is -2.13. The minimum atomic E-state index is -0.110. The van der Waals surface area contributed by atoms with Gasteiger partial charge in [-0.25, -0.2) is 0 Å². The fourth-order valence-corrected chi connectivity index (χ4v) is 3.71. The first-order valence-corrected chi connectivity index (χ1v) is 7.20. The Balaban J connectivity index is 1.86. The minimum Gasteiger partial charge on any atom is -0.426 e. The molecule has 2 atom stereocenters. The molecule has 2 aliphatic rings. The van der Waals surface area contributed by atoms with Gasteiger partial charge in [0.1, 0.15) is 5.75 Å². The van der Waals surface area contributed by atoms with Crippen LogP contribution in [0.3, 0.4) is 0 Å². The van der Waals surface area contributed by atoms with Gasteiger partial charge in [-0.1, -0.05) is 42.5 Å². The molecule has 0 bridgehead atoms. The van der Waals surface area contributed by atoms with E-state index in [4.69, 9.17) is 4.74 Å². The number of hydrogen-bond donors (Lipinski definition) is 0. The van der Waals surface area contributed by atoms with Crippen molar-refractivity contribution in [1.82, 2.24) is 0 Å². The third-order valence-corrected chi connectivity index (χ3v) is 4.58. The summed E-state index contributed by atoms with van der Waals surface area (Å²) in [5.74, 6) is 1.33. The number of hydrogen-bond acceptors (Lipinski definition) is 2. The van der Waals surface area contributed by atoms with E-state index >= 15 is 0 Å². The molecule has 2 aromatic rings. The molecule has 0 fully saturated rings. The van der Waals surface area contributed by atoms with Crippen molar-refractivity contribution in [2.75, 3.05) is 0 Å². The lowest BCUT2D eigenvalue weighted by molar-refractivity contribution is -0.134. The van der Waals surface area contributed by atoms with Crippen molar-refractivity contribution in [3.63, 3.8) is 0 Å². The Morgan fingerprint density at radius 1 is 0.950 bits per heavy atom. The number of rotatable bonds is 1. The Labute approximate surface area is 118 Å². The monoisotopic (exact) mass is 264 g/mol. The zero-order valence-electron chi connectivity index (χ0n) is 11.2. The Kier molecular flexibility index (Phi) is 2.62. The van der Waals surface area contributed by atoms with Crippen LogP contribution in [-0.4, -0.2) is 5.97 Å². The highest BCUT2D eigenvalue weighted by Crippen LogP contribution is 2.50. The summed E-state index contributed by atoms with van der Waals surface area (Å²) in [5, 5.41) is 0. The van der Waals surface area contributed by atoms with E-state index < -0.39 is 0 Å². The van der Waals surface area contributed by atoms with Crippen LogP contribution >= 0.6 is 0 Å². The molecule has 2 nitrogen and oxygen atoms in total. The molecule has 0 amide bonds. The number of carbonyl (C=O) groups excluding carboxylic acids is 1. The summed E-state index contributed by atoms with van der Waals surface area (Å²) in [6, 6.07) is 16.5. The SMILES string of the molecule is O=C1CC(c2ccccc2)C2CCc3cccc(c32)O1. The molecule has 20 heavy (non-hydrogen) atoms. The van der Waals surface area contributed by atoms with E-state index in [1.807, 2.05) is 30.3 Å². The van der Waals surface area contributed by atoms with Crippen LogP contribution in [-0.2, 0) is 11.2 Å². The molecule has 2 aromatic carbocycles. The molecule has 1 heterocycles. The molecule has 2 heteroatoms. The predicted molar refractivity (Wildman–Crippen MR) is 76.9 cm³/mol. The van der Waals surface area contributed by atoms with Gasteiger partial charge >= 0.3 is 5.97 Å². The summed E-state index contributed by atoms with van der Waals surface area (Å²) >= 11 is 0. The largest absolute Gasteiger partial charge is 0.426 e. The first kappa shape index (κ1) is 11.7. The predicted octanol–water partition coefficient (Wildman–Crippen LogP) is 3.81. The summed E-state index contributed by atoms with van der Waals surface area (Å²) in [4.78, 5) is 12.1. The van der Waals surface area contributed by atoms with Crippen LogP contribution in [0.1, 0.15) is 41.4 Å². The van der Waals surface area contributed by atoms with Crippen molar-refractivity contribution in [3.8, 4) is 5.75 Å². The lowest BCUT2D eigenvalue weighted by atomic mass is 9.80. The van der Waals surface area contributed by atoms with Crippen LogP contribution in [0.4, 0.5) is 0 Å². The number of carbonyl (C=O) groups is 1. The van der Waals surface area contributed by atoms with E-state index in [0.717, 1.165) is 18.6 Å². The van der Waals surface area contributed by atoms with Gasteiger partial charge in [0.05, 0.1) is 6.42 Å². The smallest absolute Gasteiger partial charge is 0.311 e. The summed E-state index contributed by atoms with van der Waals surface area (Å²) < 4.78 is 5.56.